The van der Waals surface area contributed by atoms with Crippen molar-refractivity contribution >= 4 is 17.3 Å². The molecule has 1 aliphatic carbocycles. The Labute approximate surface area is 121 Å². The third-order valence-corrected chi connectivity index (χ3v) is 3.66. The fourth-order valence-electron chi connectivity index (χ4n) is 2.34. The maximum absolute atomic E-state index is 13.7. The summed E-state index contributed by atoms with van der Waals surface area (Å²) in [6.45, 7) is 4.26. The second-order valence-electron chi connectivity index (χ2n) is 5.12. The van der Waals surface area contributed by atoms with Crippen LogP contribution in [0.2, 0.25) is 0 Å². The molecule has 1 amide bonds. The lowest BCUT2D eigenvalue weighted by molar-refractivity contribution is -0.385. The number of benzene rings is 1. The molecule has 2 unspecified atom stereocenters. The lowest BCUT2D eigenvalue weighted by Gasteiger charge is -2.09. The molecule has 21 heavy (non-hydrogen) atoms. The summed E-state index contributed by atoms with van der Waals surface area (Å²) in [4.78, 5) is 22.5. The zero-order valence-corrected chi connectivity index (χ0v) is 12.0. The zero-order valence-electron chi connectivity index (χ0n) is 12.0. The van der Waals surface area contributed by atoms with Gasteiger partial charge in [-0.05, 0) is 25.3 Å². The quantitative estimate of drug-likeness (QED) is 0.624. The highest BCUT2D eigenvalue weighted by Crippen LogP contribution is 2.34. The molecule has 1 aromatic carbocycles. The van der Waals surface area contributed by atoms with Crippen molar-refractivity contribution < 1.29 is 14.1 Å². The topological polar surface area (TPSA) is 84.3 Å². The first-order chi connectivity index (χ1) is 9.97. The number of halogens is 1. The first-order valence-electron chi connectivity index (χ1n) is 7.00. The average Bonchev–Trinajstić information content (AvgIpc) is 3.18. The molecule has 1 aromatic rings. The summed E-state index contributed by atoms with van der Waals surface area (Å²) in [5.74, 6) is -0.832. The summed E-state index contributed by atoms with van der Waals surface area (Å²) >= 11 is 0. The van der Waals surface area contributed by atoms with Crippen LogP contribution in [0.25, 0.3) is 0 Å². The number of rotatable bonds is 6. The molecule has 2 atom stereocenters. The van der Waals surface area contributed by atoms with Gasteiger partial charge in [-0.3, -0.25) is 14.9 Å². The molecule has 0 aliphatic heterocycles. The van der Waals surface area contributed by atoms with Crippen LogP contribution in [0.1, 0.15) is 37.0 Å². The number of nitro groups is 1. The van der Waals surface area contributed by atoms with E-state index in [0.717, 1.165) is 18.9 Å². The number of nitro benzene ring substituents is 1. The van der Waals surface area contributed by atoms with Gasteiger partial charge in [-0.15, -0.1) is 0 Å². The lowest BCUT2D eigenvalue weighted by Crippen LogP contribution is -2.27. The van der Waals surface area contributed by atoms with Gasteiger partial charge in [-0.2, -0.15) is 0 Å². The highest BCUT2D eigenvalue weighted by molar-refractivity contribution is 5.99. The molecule has 2 N–H and O–H groups in total. The van der Waals surface area contributed by atoms with Crippen LogP contribution in [-0.4, -0.2) is 23.4 Å². The summed E-state index contributed by atoms with van der Waals surface area (Å²) in [6, 6.07) is 2.06. The molecule has 1 aliphatic rings. The molecule has 7 heteroatoms. The molecule has 0 radical (unpaired) electrons. The van der Waals surface area contributed by atoms with Crippen molar-refractivity contribution in [2.75, 3.05) is 11.9 Å². The van der Waals surface area contributed by atoms with Crippen LogP contribution in [0.4, 0.5) is 15.8 Å². The molecule has 0 saturated heterocycles. The Morgan fingerprint density at radius 2 is 2.19 bits per heavy atom. The Morgan fingerprint density at radius 1 is 1.48 bits per heavy atom. The Bertz CT molecular complexity index is 577. The number of hydrogen-bond donors (Lipinski definition) is 2. The fraction of sp³-hybridized carbons (Fsp3) is 0.500. The second kappa shape index (κ2) is 6.07. The van der Waals surface area contributed by atoms with Gasteiger partial charge in [0.25, 0.3) is 11.6 Å². The molecule has 0 heterocycles. The Morgan fingerprint density at radius 3 is 2.71 bits per heavy atom. The number of nitrogens with zero attached hydrogens (tertiary/aromatic N) is 1. The Hall–Kier alpha value is -2.18. The minimum absolute atomic E-state index is 0.0646. The van der Waals surface area contributed by atoms with Gasteiger partial charge in [0.2, 0.25) is 0 Å². The van der Waals surface area contributed by atoms with E-state index in [1.807, 2.05) is 6.92 Å². The second-order valence-corrected chi connectivity index (χ2v) is 5.12. The average molecular weight is 295 g/mol. The molecule has 6 nitrogen and oxygen atoms in total. The van der Waals surface area contributed by atoms with Crippen molar-refractivity contribution in [2.24, 2.45) is 5.92 Å². The van der Waals surface area contributed by atoms with Gasteiger partial charge in [0, 0.05) is 12.6 Å². The maximum atomic E-state index is 13.7. The predicted molar refractivity (Wildman–Crippen MR) is 76.9 cm³/mol. The van der Waals surface area contributed by atoms with E-state index in [0.29, 0.717) is 12.5 Å². The van der Waals surface area contributed by atoms with Crippen LogP contribution in [0.15, 0.2) is 12.1 Å². The summed E-state index contributed by atoms with van der Waals surface area (Å²) < 4.78 is 13.7. The SMILES string of the molecule is CCNc1cc(C(=O)NC2CC2CC)c([N+](=O)[O-])cc1F. The minimum atomic E-state index is -0.738. The molecule has 1 fully saturated rings. The van der Waals surface area contributed by atoms with Crippen molar-refractivity contribution in [3.63, 3.8) is 0 Å². The number of amides is 1. The number of nitrogens with one attached hydrogen (secondary N) is 2. The summed E-state index contributed by atoms with van der Waals surface area (Å²) in [7, 11) is 0. The number of carbonyl (C=O) groups excluding carboxylic acids is 1. The minimum Gasteiger partial charge on any atom is -0.383 e. The van der Waals surface area contributed by atoms with E-state index in [2.05, 4.69) is 10.6 Å². The third kappa shape index (κ3) is 3.29. The van der Waals surface area contributed by atoms with Gasteiger partial charge in [-0.1, -0.05) is 13.3 Å². The standard InChI is InChI=1S/C14H18FN3O3/c1-3-8-5-11(8)17-14(19)9-6-12(16-4-2)10(15)7-13(9)18(20)21/h6-8,11,16H,3-5H2,1-2H3,(H,17,19). The van der Waals surface area contributed by atoms with Gasteiger partial charge < -0.3 is 10.6 Å². The van der Waals surface area contributed by atoms with Crippen molar-refractivity contribution in [2.45, 2.75) is 32.7 Å². The van der Waals surface area contributed by atoms with Gasteiger partial charge in [-0.25, -0.2) is 4.39 Å². The van der Waals surface area contributed by atoms with E-state index in [-0.39, 0.29) is 17.3 Å². The molecule has 2 rings (SSSR count). The molecule has 0 spiro atoms. The number of carbonyl (C=O) groups is 1. The molecule has 0 bridgehead atoms. The summed E-state index contributed by atoms with van der Waals surface area (Å²) in [6.07, 6.45) is 1.84. The third-order valence-electron chi connectivity index (χ3n) is 3.66. The van der Waals surface area contributed by atoms with E-state index >= 15 is 0 Å². The Kier molecular flexibility index (Phi) is 4.40. The van der Waals surface area contributed by atoms with Gasteiger partial charge >= 0.3 is 0 Å². The molecular formula is C14H18FN3O3. The lowest BCUT2D eigenvalue weighted by atomic mass is 10.1. The summed E-state index contributed by atoms with van der Waals surface area (Å²) in [5.41, 5.74) is -0.532. The number of anilines is 1. The van der Waals surface area contributed by atoms with Gasteiger partial charge in [0.1, 0.15) is 5.56 Å². The van der Waals surface area contributed by atoms with Crippen LogP contribution in [-0.2, 0) is 0 Å². The van der Waals surface area contributed by atoms with Crippen LogP contribution in [0.3, 0.4) is 0 Å². The van der Waals surface area contributed by atoms with E-state index < -0.39 is 22.3 Å². The number of hydrogen-bond acceptors (Lipinski definition) is 4. The van der Waals surface area contributed by atoms with Crippen LogP contribution in [0.5, 0.6) is 0 Å². The predicted octanol–water partition coefficient (Wildman–Crippen LogP) is 2.69. The Balaban J connectivity index is 2.28. The molecule has 114 valence electrons. The van der Waals surface area contributed by atoms with Crippen molar-refractivity contribution in [1.29, 1.82) is 0 Å². The van der Waals surface area contributed by atoms with Gasteiger partial charge in [0.05, 0.1) is 16.7 Å². The van der Waals surface area contributed by atoms with Gasteiger partial charge in [0.15, 0.2) is 5.82 Å². The fourth-order valence-corrected chi connectivity index (χ4v) is 2.34. The smallest absolute Gasteiger partial charge is 0.285 e. The first-order valence-corrected chi connectivity index (χ1v) is 7.00. The van der Waals surface area contributed by atoms with E-state index in [4.69, 9.17) is 0 Å². The van der Waals surface area contributed by atoms with E-state index in [1.165, 1.54) is 6.07 Å². The highest BCUT2D eigenvalue weighted by atomic mass is 19.1. The molecule has 0 aromatic heterocycles. The largest absolute Gasteiger partial charge is 0.383 e. The van der Waals surface area contributed by atoms with Crippen LogP contribution in [0, 0.1) is 21.8 Å². The van der Waals surface area contributed by atoms with Crippen LogP contribution < -0.4 is 10.6 Å². The molecular weight excluding hydrogens is 277 g/mol. The van der Waals surface area contributed by atoms with E-state index in [9.17, 15) is 19.3 Å². The van der Waals surface area contributed by atoms with Crippen molar-refractivity contribution in [3.8, 4) is 0 Å². The maximum Gasteiger partial charge on any atom is 0.285 e. The zero-order chi connectivity index (χ0) is 15.6. The highest BCUT2D eigenvalue weighted by Gasteiger charge is 2.37. The van der Waals surface area contributed by atoms with Crippen molar-refractivity contribution in [1.82, 2.24) is 5.32 Å². The monoisotopic (exact) mass is 295 g/mol. The normalized spacial score (nSPS) is 20.0. The molecule has 1 saturated carbocycles. The van der Waals surface area contributed by atoms with Crippen molar-refractivity contribution in [3.05, 3.63) is 33.6 Å². The summed E-state index contributed by atoms with van der Waals surface area (Å²) in [5, 5.41) is 16.5. The van der Waals surface area contributed by atoms with E-state index in [1.54, 1.807) is 6.92 Å². The van der Waals surface area contributed by atoms with Crippen LogP contribution >= 0.6 is 0 Å². The first kappa shape index (κ1) is 15.2.